The van der Waals surface area contributed by atoms with Gasteiger partial charge in [0.05, 0.1) is 24.2 Å². The summed E-state index contributed by atoms with van der Waals surface area (Å²) in [5.41, 5.74) is 5.06. The fraction of sp³-hybridized carbons (Fsp3) is 0.481. The number of primary amides is 1. The first-order chi connectivity index (χ1) is 17.5. The molecule has 1 aliphatic carbocycles. The van der Waals surface area contributed by atoms with Crippen LogP contribution in [0.15, 0.2) is 59.5 Å². The van der Waals surface area contributed by atoms with Crippen molar-refractivity contribution in [2.24, 2.45) is 17.1 Å². The maximum Gasteiger partial charge on any atom is 0.243 e. The van der Waals surface area contributed by atoms with E-state index in [1.165, 1.54) is 23.5 Å². The molecule has 0 bridgehead atoms. The predicted molar refractivity (Wildman–Crippen MR) is 140 cm³/mol. The van der Waals surface area contributed by atoms with Gasteiger partial charge in [0.15, 0.2) is 0 Å². The molecule has 0 heterocycles. The quantitative estimate of drug-likeness (QED) is 0.319. The number of nitrogens with one attached hydrogen (secondary N) is 1. The van der Waals surface area contributed by atoms with Crippen LogP contribution in [0.1, 0.15) is 38.7 Å². The van der Waals surface area contributed by atoms with Gasteiger partial charge in [0.1, 0.15) is 11.2 Å². The minimum Gasteiger partial charge on any atom is -0.497 e. The van der Waals surface area contributed by atoms with Crippen LogP contribution in [0, 0.1) is 11.3 Å². The molecule has 1 fully saturated rings. The van der Waals surface area contributed by atoms with Gasteiger partial charge in [0.25, 0.3) is 0 Å². The number of aliphatic hydroxyl groups is 1. The number of nitrogens with zero attached hydrogens (tertiary/aromatic N) is 1. The Kier molecular flexibility index (Phi) is 9.33. The van der Waals surface area contributed by atoms with Gasteiger partial charge in [-0.1, -0.05) is 50.6 Å². The normalized spacial score (nSPS) is 17.0. The molecule has 9 nitrogen and oxygen atoms in total. The number of benzene rings is 2. The van der Waals surface area contributed by atoms with E-state index in [2.05, 4.69) is 5.32 Å². The third-order valence-electron chi connectivity index (χ3n) is 7.04. The zero-order valence-electron chi connectivity index (χ0n) is 21.6. The third-order valence-corrected chi connectivity index (χ3v) is 8.88. The van der Waals surface area contributed by atoms with Crippen LogP contribution in [0.5, 0.6) is 5.75 Å². The summed E-state index contributed by atoms with van der Waals surface area (Å²) in [7, 11) is -2.46. The number of aliphatic hydroxyl groups excluding tert-OH is 1. The Hall–Kier alpha value is -2.95. The Morgan fingerprint density at radius 3 is 2.24 bits per heavy atom. The first-order valence-corrected chi connectivity index (χ1v) is 13.9. The zero-order valence-corrected chi connectivity index (χ0v) is 22.4. The van der Waals surface area contributed by atoms with Crippen molar-refractivity contribution in [2.75, 3.05) is 20.2 Å². The molecule has 3 rings (SSSR count). The van der Waals surface area contributed by atoms with Crippen molar-refractivity contribution in [3.8, 4) is 5.75 Å². The number of carbonyl (C=O) groups excluding carboxylic acids is 2. The summed E-state index contributed by atoms with van der Waals surface area (Å²) in [6.07, 6.45) is 0.464. The molecule has 0 aliphatic heterocycles. The van der Waals surface area contributed by atoms with Crippen molar-refractivity contribution in [3.05, 3.63) is 60.2 Å². The highest BCUT2D eigenvalue weighted by molar-refractivity contribution is 7.89. The van der Waals surface area contributed by atoms with Crippen LogP contribution < -0.4 is 15.8 Å². The molecule has 0 spiro atoms. The number of sulfonamides is 1. The average molecular weight is 532 g/mol. The van der Waals surface area contributed by atoms with Gasteiger partial charge in [-0.2, -0.15) is 4.31 Å². The summed E-state index contributed by atoms with van der Waals surface area (Å²) in [6, 6.07) is 14.5. The number of nitrogens with two attached hydrogens (primary N) is 1. The second-order valence-corrected chi connectivity index (χ2v) is 11.7. The molecule has 10 heteroatoms. The van der Waals surface area contributed by atoms with Crippen molar-refractivity contribution in [1.29, 1.82) is 0 Å². The third kappa shape index (κ3) is 6.88. The van der Waals surface area contributed by atoms with E-state index in [0.717, 1.165) is 12.0 Å². The molecule has 0 saturated heterocycles. The summed E-state index contributed by atoms with van der Waals surface area (Å²) >= 11 is 0. The van der Waals surface area contributed by atoms with Crippen molar-refractivity contribution >= 4 is 21.8 Å². The van der Waals surface area contributed by atoms with Gasteiger partial charge in [-0.05, 0) is 55.0 Å². The number of rotatable bonds is 14. The molecule has 1 aliphatic rings. The highest BCUT2D eigenvalue weighted by atomic mass is 32.2. The fourth-order valence-electron chi connectivity index (χ4n) is 4.15. The lowest BCUT2D eigenvalue weighted by Gasteiger charge is -2.31. The van der Waals surface area contributed by atoms with Crippen LogP contribution in [-0.2, 0) is 26.0 Å². The summed E-state index contributed by atoms with van der Waals surface area (Å²) in [4.78, 5) is 25.0. The minimum absolute atomic E-state index is 0.0342. The number of hydrogen-bond acceptors (Lipinski definition) is 6. The molecule has 0 radical (unpaired) electrons. The van der Waals surface area contributed by atoms with Gasteiger partial charge in [-0.25, -0.2) is 8.42 Å². The van der Waals surface area contributed by atoms with Gasteiger partial charge in [0.2, 0.25) is 21.8 Å². The first-order valence-electron chi connectivity index (χ1n) is 12.5. The molecular weight excluding hydrogens is 494 g/mol. The molecule has 202 valence electrons. The number of hydrogen-bond donors (Lipinski definition) is 3. The summed E-state index contributed by atoms with van der Waals surface area (Å²) in [5.74, 6) is -0.668. The Morgan fingerprint density at radius 1 is 1.11 bits per heavy atom. The van der Waals surface area contributed by atoms with E-state index in [1.54, 1.807) is 12.1 Å². The standard InChI is InChI=1S/C27H37N3O6S/c1-4-19(2)17-30(37(34,35)22-12-10-21(36-3)11-13-22)18-24(31)23(16-20-8-6-5-7-9-20)29-26(33)27(14-15-27)25(28)32/h5-13,19,23-24,31H,4,14-18H2,1-3H3,(H2,28,32)(H,29,33)/t19-,23+,24-/m1/s1. The Balaban J connectivity index is 1.88. The fourth-order valence-corrected chi connectivity index (χ4v) is 5.73. The van der Waals surface area contributed by atoms with Crippen LogP contribution in [0.3, 0.4) is 0 Å². The number of amides is 2. The second kappa shape index (κ2) is 12.1. The average Bonchev–Trinajstić information content (AvgIpc) is 3.71. The number of ether oxygens (including phenoxy) is 1. The van der Waals surface area contributed by atoms with E-state index in [9.17, 15) is 23.1 Å². The van der Waals surface area contributed by atoms with E-state index in [1.807, 2.05) is 44.2 Å². The maximum absolute atomic E-state index is 13.6. The molecule has 0 aromatic heterocycles. The molecule has 3 atom stereocenters. The van der Waals surface area contributed by atoms with E-state index in [-0.39, 0.29) is 30.3 Å². The lowest BCUT2D eigenvalue weighted by Crippen LogP contribution is -2.54. The first kappa shape index (κ1) is 28.6. The van der Waals surface area contributed by atoms with E-state index >= 15 is 0 Å². The SMILES string of the molecule is CC[C@@H](C)CN(C[C@@H](O)[C@H](Cc1ccccc1)NC(=O)C1(C(N)=O)CC1)S(=O)(=O)c1ccc(OC)cc1. The smallest absolute Gasteiger partial charge is 0.243 e. The largest absolute Gasteiger partial charge is 0.497 e. The number of carbonyl (C=O) groups is 2. The number of methoxy groups -OCH3 is 1. The van der Waals surface area contributed by atoms with Crippen molar-refractivity contribution < 1.29 is 27.9 Å². The highest BCUT2D eigenvalue weighted by Gasteiger charge is 2.56. The predicted octanol–water partition coefficient (Wildman–Crippen LogP) is 2.09. The van der Waals surface area contributed by atoms with Crippen LogP contribution in [0.4, 0.5) is 0 Å². The Labute approximate surface area is 219 Å². The minimum atomic E-state index is -3.96. The van der Waals surface area contributed by atoms with E-state index < -0.39 is 39.4 Å². The van der Waals surface area contributed by atoms with Crippen molar-refractivity contribution in [2.45, 2.75) is 56.6 Å². The van der Waals surface area contributed by atoms with Crippen LogP contribution >= 0.6 is 0 Å². The van der Waals surface area contributed by atoms with E-state index in [4.69, 9.17) is 10.5 Å². The van der Waals surface area contributed by atoms with Crippen molar-refractivity contribution in [3.63, 3.8) is 0 Å². The molecule has 2 amide bonds. The zero-order chi connectivity index (χ0) is 27.2. The highest BCUT2D eigenvalue weighted by Crippen LogP contribution is 2.45. The van der Waals surface area contributed by atoms with Gasteiger partial charge < -0.3 is 20.9 Å². The topological polar surface area (TPSA) is 139 Å². The second-order valence-electron chi connectivity index (χ2n) is 9.79. The monoisotopic (exact) mass is 531 g/mol. The van der Waals surface area contributed by atoms with Crippen molar-refractivity contribution in [1.82, 2.24) is 9.62 Å². The Bertz CT molecular complexity index is 1170. The summed E-state index contributed by atoms with van der Waals surface area (Å²) < 4.78 is 33.6. The van der Waals surface area contributed by atoms with E-state index in [0.29, 0.717) is 18.6 Å². The van der Waals surface area contributed by atoms with Crippen LogP contribution in [-0.4, -0.2) is 62.0 Å². The van der Waals surface area contributed by atoms with Crippen LogP contribution in [0.2, 0.25) is 0 Å². The molecule has 4 N–H and O–H groups in total. The van der Waals surface area contributed by atoms with Gasteiger partial charge in [-0.3, -0.25) is 9.59 Å². The van der Waals surface area contributed by atoms with Gasteiger partial charge >= 0.3 is 0 Å². The van der Waals surface area contributed by atoms with Gasteiger partial charge in [0, 0.05) is 13.1 Å². The summed E-state index contributed by atoms with van der Waals surface area (Å²) in [5, 5.41) is 14.1. The lowest BCUT2D eigenvalue weighted by molar-refractivity contribution is -0.136. The molecule has 2 aromatic rings. The molecule has 2 aromatic carbocycles. The summed E-state index contributed by atoms with van der Waals surface area (Å²) in [6.45, 7) is 3.87. The maximum atomic E-state index is 13.6. The van der Waals surface area contributed by atoms with Gasteiger partial charge in [-0.15, -0.1) is 0 Å². The Morgan fingerprint density at radius 2 is 1.73 bits per heavy atom. The lowest BCUT2D eigenvalue weighted by atomic mass is 9.98. The molecule has 0 unspecified atom stereocenters. The molecule has 37 heavy (non-hydrogen) atoms. The van der Waals surface area contributed by atoms with Crippen LogP contribution in [0.25, 0.3) is 0 Å². The molecule has 1 saturated carbocycles. The molecular formula is C27H37N3O6S.